The Hall–Kier alpha value is -3.40. The number of anilines is 4. The van der Waals surface area contributed by atoms with Crippen molar-refractivity contribution in [1.82, 2.24) is 15.1 Å². The topological polar surface area (TPSA) is 99.7 Å². The van der Waals surface area contributed by atoms with Crippen LogP contribution in [-0.2, 0) is 0 Å². The zero-order chi connectivity index (χ0) is 16.2. The number of benzene rings is 1. The number of nitriles is 1. The fraction of sp³-hybridized carbons (Fsp3) is 0.125. The highest BCUT2D eigenvalue weighted by Gasteiger charge is 2.07. The van der Waals surface area contributed by atoms with Crippen LogP contribution in [0.5, 0.6) is 0 Å². The maximum atomic E-state index is 9.15. The van der Waals surface area contributed by atoms with E-state index >= 15 is 0 Å². The molecule has 0 saturated heterocycles. The summed E-state index contributed by atoms with van der Waals surface area (Å²) in [7, 11) is 0. The van der Waals surface area contributed by atoms with Gasteiger partial charge in [0, 0.05) is 17.8 Å². The summed E-state index contributed by atoms with van der Waals surface area (Å²) >= 11 is 0. The highest BCUT2D eigenvalue weighted by molar-refractivity contribution is 5.65. The Balaban J connectivity index is 1.87. The van der Waals surface area contributed by atoms with Crippen LogP contribution in [0.15, 0.2) is 40.9 Å². The molecule has 0 amide bonds. The predicted octanol–water partition coefficient (Wildman–Crippen LogP) is 3.44. The lowest BCUT2D eigenvalue weighted by molar-refractivity contribution is 0.400. The Labute approximate surface area is 133 Å². The summed E-state index contributed by atoms with van der Waals surface area (Å²) in [5.41, 5.74) is 2.02. The molecule has 0 saturated carbocycles. The van der Waals surface area contributed by atoms with Gasteiger partial charge in [-0.1, -0.05) is 17.3 Å². The summed E-state index contributed by atoms with van der Waals surface area (Å²) in [4.78, 5) is 8.70. The first-order valence-corrected chi connectivity index (χ1v) is 6.96. The molecule has 2 aromatic heterocycles. The van der Waals surface area contributed by atoms with Gasteiger partial charge in [-0.3, -0.25) is 0 Å². The molecule has 0 aliphatic rings. The quantitative estimate of drug-likeness (QED) is 0.761. The lowest BCUT2D eigenvalue weighted by atomic mass is 10.2. The van der Waals surface area contributed by atoms with E-state index in [4.69, 9.17) is 9.78 Å². The fourth-order valence-corrected chi connectivity index (χ4v) is 2.06. The molecule has 0 fully saturated rings. The average molecular weight is 306 g/mol. The Kier molecular flexibility index (Phi) is 3.89. The molecule has 2 heterocycles. The molecule has 0 bridgehead atoms. The highest BCUT2D eigenvalue weighted by atomic mass is 16.5. The highest BCUT2D eigenvalue weighted by Crippen LogP contribution is 2.21. The van der Waals surface area contributed by atoms with E-state index in [1.807, 2.05) is 25.1 Å². The van der Waals surface area contributed by atoms with Gasteiger partial charge in [0.1, 0.15) is 17.6 Å². The van der Waals surface area contributed by atoms with Crippen molar-refractivity contribution in [3.8, 4) is 6.07 Å². The lowest BCUT2D eigenvalue weighted by Gasteiger charge is -2.09. The van der Waals surface area contributed by atoms with Crippen molar-refractivity contribution in [1.29, 1.82) is 5.26 Å². The summed E-state index contributed by atoms with van der Waals surface area (Å²) in [5.74, 6) is 2.22. The third-order valence-electron chi connectivity index (χ3n) is 3.03. The van der Waals surface area contributed by atoms with Gasteiger partial charge in [0.05, 0.1) is 11.3 Å². The van der Waals surface area contributed by atoms with Crippen LogP contribution in [0.1, 0.15) is 17.0 Å². The van der Waals surface area contributed by atoms with Crippen molar-refractivity contribution in [3.05, 3.63) is 53.4 Å². The Bertz CT molecular complexity index is 880. The minimum Gasteiger partial charge on any atom is -0.360 e. The molecule has 0 unspecified atom stereocenters. The second-order valence-electron chi connectivity index (χ2n) is 4.95. The minimum atomic E-state index is 0.398. The van der Waals surface area contributed by atoms with Crippen LogP contribution in [0.25, 0.3) is 0 Å². The van der Waals surface area contributed by atoms with E-state index in [-0.39, 0.29) is 0 Å². The maximum absolute atomic E-state index is 9.15. The number of hydrogen-bond donors (Lipinski definition) is 2. The van der Waals surface area contributed by atoms with Crippen molar-refractivity contribution >= 4 is 23.3 Å². The smallest absolute Gasteiger partial charge is 0.230 e. The average Bonchev–Trinajstić information content (AvgIpc) is 2.92. The number of aryl methyl sites for hydroxylation is 2. The van der Waals surface area contributed by atoms with Gasteiger partial charge in [0.25, 0.3) is 0 Å². The van der Waals surface area contributed by atoms with Gasteiger partial charge >= 0.3 is 0 Å². The molecule has 114 valence electrons. The first kappa shape index (κ1) is 14.5. The first-order valence-electron chi connectivity index (χ1n) is 6.96. The SMILES string of the molecule is Cc1cc(Nc2ccccc2C#N)nc(Nc2cc(C)on2)n1. The summed E-state index contributed by atoms with van der Waals surface area (Å²) in [6.07, 6.45) is 0. The zero-order valence-corrected chi connectivity index (χ0v) is 12.7. The number of aromatic nitrogens is 3. The number of nitrogens with zero attached hydrogens (tertiary/aromatic N) is 4. The summed E-state index contributed by atoms with van der Waals surface area (Å²) in [6, 6.07) is 12.9. The fourth-order valence-electron chi connectivity index (χ4n) is 2.06. The number of hydrogen-bond acceptors (Lipinski definition) is 7. The molecule has 0 aliphatic heterocycles. The van der Waals surface area contributed by atoms with E-state index in [1.54, 1.807) is 25.1 Å². The normalized spacial score (nSPS) is 10.1. The molecule has 7 heteroatoms. The molecular weight excluding hydrogens is 292 g/mol. The van der Waals surface area contributed by atoms with Crippen LogP contribution < -0.4 is 10.6 Å². The van der Waals surface area contributed by atoms with Crippen molar-refractivity contribution in [2.24, 2.45) is 0 Å². The summed E-state index contributed by atoms with van der Waals surface area (Å²) < 4.78 is 5.00. The molecule has 2 N–H and O–H groups in total. The molecule has 1 aromatic carbocycles. The van der Waals surface area contributed by atoms with Crippen molar-refractivity contribution in [2.45, 2.75) is 13.8 Å². The molecule has 0 radical (unpaired) electrons. The maximum Gasteiger partial charge on any atom is 0.230 e. The Morgan fingerprint density at radius 3 is 2.61 bits per heavy atom. The van der Waals surface area contributed by atoms with Gasteiger partial charge < -0.3 is 15.2 Å². The van der Waals surface area contributed by atoms with Gasteiger partial charge in [0.15, 0.2) is 5.82 Å². The molecule has 3 rings (SSSR count). The van der Waals surface area contributed by atoms with E-state index in [2.05, 4.69) is 31.8 Å². The second-order valence-corrected chi connectivity index (χ2v) is 4.95. The van der Waals surface area contributed by atoms with Gasteiger partial charge in [-0.05, 0) is 26.0 Å². The molecule has 7 nitrogen and oxygen atoms in total. The molecule has 0 spiro atoms. The van der Waals surface area contributed by atoms with Gasteiger partial charge in [-0.15, -0.1) is 0 Å². The van der Waals surface area contributed by atoms with Crippen molar-refractivity contribution in [3.63, 3.8) is 0 Å². The number of nitrogens with one attached hydrogen (secondary N) is 2. The Morgan fingerprint density at radius 1 is 1.04 bits per heavy atom. The summed E-state index contributed by atoms with van der Waals surface area (Å²) in [5, 5.41) is 19.1. The molecular formula is C16H14N6O. The van der Waals surface area contributed by atoms with Crippen LogP contribution in [-0.4, -0.2) is 15.1 Å². The third kappa shape index (κ3) is 3.44. The van der Waals surface area contributed by atoms with Crippen LogP contribution in [0.2, 0.25) is 0 Å². The zero-order valence-electron chi connectivity index (χ0n) is 12.7. The molecule has 0 atom stereocenters. The van der Waals surface area contributed by atoms with E-state index in [9.17, 15) is 0 Å². The van der Waals surface area contributed by atoms with Crippen LogP contribution >= 0.6 is 0 Å². The van der Waals surface area contributed by atoms with E-state index in [0.717, 1.165) is 5.69 Å². The Morgan fingerprint density at radius 2 is 1.87 bits per heavy atom. The number of para-hydroxylation sites is 1. The molecule has 3 aromatic rings. The second kappa shape index (κ2) is 6.15. The largest absolute Gasteiger partial charge is 0.360 e. The van der Waals surface area contributed by atoms with Crippen molar-refractivity contribution in [2.75, 3.05) is 10.6 Å². The van der Waals surface area contributed by atoms with E-state index < -0.39 is 0 Å². The molecule has 0 aliphatic carbocycles. The lowest BCUT2D eigenvalue weighted by Crippen LogP contribution is -2.03. The van der Waals surface area contributed by atoms with Crippen LogP contribution in [0.4, 0.5) is 23.3 Å². The third-order valence-corrected chi connectivity index (χ3v) is 3.03. The first-order chi connectivity index (χ1) is 11.1. The van der Waals surface area contributed by atoms with E-state index in [1.165, 1.54) is 0 Å². The van der Waals surface area contributed by atoms with Gasteiger partial charge in [0.2, 0.25) is 5.95 Å². The van der Waals surface area contributed by atoms with Gasteiger partial charge in [-0.25, -0.2) is 4.98 Å². The number of rotatable bonds is 4. The monoisotopic (exact) mass is 306 g/mol. The minimum absolute atomic E-state index is 0.398. The van der Waals surface area contributed by atoms with Gasteiger partial charge in [-0.2, -0.15) is 10.2 Å². The predicted molar refractivity (Wildman–Crippen MR) is 85.7 cm³/mol. The molecule has 23 heavy (non-hydrogen) atoms. The standard InChI is InChI=1S/C16H14N6O/c1-10-7-14(19-13-6-4-3-5-12(13)9-17)20-16(18-10)21-15-8-11(2)23-22-15/h3-8H,1-2H3,(H2,18,19,20,21,22). The van der Waals surface area contributed by atoms with E-state index in [0.29, 0.717) is 34.6 Å². The van der Waals surface area contributed by atoms with Crippen molar-refractivity contribution < 1.29 is 4.52 Å². The summed E-state index contributed by atoms with van der Waals surface area (Å²) in [6.45, 7) is 3.67. The van der Waals surface area contributed by atoms with Crippen LogP contribution in [0, 0.1) is 25.2 Å². The van der Waals surface area contributed by atoms with Crippen LogP contribution in [0.3, 0.4) is 0 Å².